The van der Waals surface area contributed by atoms with Gasteiger partial charge in [-0.3, -0.25) is 4.98 Å². The lowest BCUT2D eigenvalue weighted by Crippen LogP contribution is -2.44. The van der Waals surface area contributed by atoms with Gasteiger partial charge < -0.3 is 5.32 Å². The highest BCUT2D eigenvalue weighted by molar-refractivity contribution is 8.00. The summed E-state index contributed by atoms with van der Waals surface area (Å²) in [6.45, 7) is 1.07. The molecule has 0 amide bonds. The van der Waals surface area contributed by atoms with E-state index >= 15 is 0 Å². The molecule has 110 valence electrons. The molecule has 2 nitrogen and oxygen atoms in total. The highest BCUT2D eigenvalue weighted by Crippen LogP contribution is 2.42. The predicted molar refractivity (Wildman–Crippen MR) is 90.6 cm³/mol. The summed E-state index contributed by atoms with van der Waals surface area (Å²) >= 11 is 2.02. The second-order valence-electron chi connectivity index (χ2n) is 5.75. The zero-order valence-electron chi connectivity index (χ0n) is 12.5. The van der Waals surface area contributed by atoms with Crippen LogP contribution >= 0.6 is 11.8 Å². The average molecular weight is 298 g/mol. The topological polar surface area (TPSA) is 24.9 Å². The van der Waals surface area contributed by atoms with Crippen molar-refractivity contribution in [2.45, 2.75) is 30.1 Å². The SMILES string of the molecule is CSC1(CNC(c2ccccc2)c2ccncc2)CCC1. The minimum atomic E-state index is 0.249. The molecule has 1 saturated carbocycles. The maximum atomic E-state index is 4.14. The summed E-state index contributed by atoms with van der Waals surface area (Å²) in [5.41, 5.74) is 2.60. The van der Waals surface area contributed by atoms with Gasteiger partial charge in [0.15, 0.2) is 0 Å². The third-order valence-corrected chi connectivity index (χ3v) is 5.92. The fraction of sp³-hybridized carbons (Fsp3) is 0.389. The molecule has 0 spiro atoms. The van der Waals surface area contributed by atoms with E-state index in [1.807, 2.05) is 24.2 Å². The van der Waals surface area contributed by atoms with E-state index in [0.717, 1.165) is 6.54 Å². The van der Waals surface area contributed by atoms with Crippen LogP contribution in [-0.2, 0) is 0 Å². The number of rotatable bonds is 6. The van der Waals surface area contributed by atoms with Crippen LogP contribution in [0, 0.1) is 0 Å². The summed E-state index contributed by atoms with van der Waals surface area (Å²) in [5.74, 6) is 0. The van der Waals surface area contributed by atoms with Crippen LogP contribution in [0.4, 0.5) is 0 Å². The molecule has 1 atom stereocenters. The fourth-order valence-electron chi connectivity index (χ4n) is 2.94. The molecule has 1 unspecified atom stereocenters. The van der Waals surface area contributed by atoms with Gasteiger partial charge in [-0.15, -0.1) is 0 Å². The van der Waals surface area contributed by atoms with Crippen molar-refractivity contribution in [2.75, 3.05) is 12.8 Å². The Kier molecular flexibility index (Phi) is 4.61. The molecule has 0 radical (unpaired) electrons. The predicted octanol–water partition coefficient (Wildman–Crippen LogP) is 4.05. The van der Waals surface area contributed by atoms with Crippen molar-refractivity contribution in [1.29, 1.82) is 0 Å². The van der Waals surface area contributed by atoms with Gasteiger partial charge in [0.1, 0.15) is 0 Å². The quantitative estimate of drug-likeness (QED) is 0.871. The van der Waals surface area contributed by atoms with Gasteiger partial charge in [0.25, 0.3) is 0 Å². The molecule has 1 N–H and O–H groups in total. The molecule has 1 aromatic heterocycles. The Bertz CT molecular complexity index is 507. The van der Waals surface area contributed by atoms with E-state index in [-0.39, 0.29) is 6.04 Å². The van der Waals surface area contributed by atoms with Gasteiger partial charge in [0, 0.05) is 23.7 Å². The number of pyridine rings is 1. The van der Waals surface area contributed by atoms with Crippen LogP contribution in [0.3, 0.4) is 0 Å². The molecule has 1 aromatic carbocycles. The standard InChI is InChI=1S/C18H22N2S/c1-21-18(10-5-11-18)14-20-17(15-6-3-2-4-7-15)16-8-12-19-13-9-16/h2-4,6-9,12-13,17,20H,5,10-11,14H2,1H3. The highest BCUT2D eigenvalue weighted by Gasteiger charge is 2.36. The summed E-state index contributed by atoms with van der Waals surface area (Å²) < 4.78 is 0.445. The van der Waals surface area contributed by atoms with E-state index in [9.17, 15) is 0 Å². The molecule has 3 rings (SSSR count). The minimum Gasteiger partial charge on any atom is -0.305 e. The molecule has 1 heterocycles. The molecule has 0 aliphatic heterocycles. The summed E-state index contributed by atoms with van der Waals surface area (Å²) in [7, 11) is 0. The zero-order chi connectivity index (χ0) is 14.5. The number of benzene rings is 1. The monoisotopic (exact) mass is 298 g/mol. The molecule has 0 saturated heterocycles. The van der Waals surface area contributed by atoms with E-state index in [4.69, 9.17) is 0 Å². The lowest BCUT2D eigenvalue weighted by molar-refractivity contribution is 0.338. The van der Waals surface area contributed by atoms with Crippen molar-refractivity contribution < 1.29 is 0 Å². The summed E-state index contributed by atoms with van der Waals surface area (Å²) in [6, 6.07) is 15.2. The van der Waals surface area contributed by atoms with E-state index in [1.165, 1.54) is 30.4 Å². The lowest BCUT2D eigenvalue weighted by Gasteiger charge is -2.41. The lowest BCUT2D eigenvalue weighted by atomic mass is 9.83. The van der Waals surface area contributed by atoms with Crippen molar-refractivity contribution in [2.24, 2.45) is 0 Å². The molecule has 1 fully saturated rings. The molecule has 1 aliphatic carbocycles. The fourth-order valence-corrected chi connectivity index (χ4v) is 3.87. The summed E-state index contributed by atoms with van der Waals surface area (Å²) in [5, 5.41) is 3.80. The first-order valence-corrected chi connectivity index (χ1v) is 8.79. The molecular weight excluding hydrogens is 276 g/mol. The van der Waals surface area contributed by atoms with Gasteiger partial charge in [-0.1, -0.05) is 36.8 Å². The second-order valence-corrected chi connectivity index (χ2v) is 7.02. The molecule has 2 aromatic rings. The smallest absolute Gasteiger partial charge is 0.0578 e. The Balaban J connectivity index is 1.80. The van der Waals surface area contributed by atoms with Gasteiger partial charge in [-0.2, -0.15) is 11.8 Å². The first-order chi connectivity index (χ1) is 10.3. The Hall–Kier alpha value is -1.32. The Morgan fingerprint density at radius 3 is 2.33 bits per heavy atom. The van der Waals surface area contributed by atoms with Crippen molar-refractivity contribution in [3.05, 3.63) is 66.0 Å². The van der Waals surface area contributed by atoms with Crippen molar-refractivity contribution in [3.8, 4) is 0 Å². The van der Waals surface area contributed by atoms with Gasteiger partial charge in [-0.25, -0.2) is 0 Å². The van der Waals surface area contributed by atoms with Crippen molar-refractivity contribution in [1.82, 2.24) is 10.3 Å². The van der Waals surface area contributed by atoms with E-state index in [2.05, 4.69) is 59.0 Å². The van der Waals surface area contributed by atoms with Crippen LogP contribution in [0.5, 0.6) is 0 Å². The van der Waals surface area contributed by atoms with E-state index in [0.29, 0.717) is 4.75 Å². The van der Waals surface area contributed by atoms with Crippen LogP contribution in [-0.4, -0.2) is 22.5 Å². The maximum Gasteiger partial charge on any atom is 0.0578 e. The van der Waals surface area contributed by atoms with Crippen molar-refractivity contribution >= 4 is 11.8 Å². The zero-order valence-corrected chi connectivity index (χ0v) is 13.3. The Morgan fingerprint density at radius 2 is 1.76 bits per heavy atom. The first kappa shape index (κ1) is 14.6. The average Bonchev–Trinajstić information content (AvgIpc) is 2.52. The largest absolute Gasteiger partial charge is 0.305 e. The number of hydrogen-bond donors (Lipinski definition) is 1. The molecular formula is C18H22N2S. The third kappa shape index (κ3) is 3.30. The minimum absolute atomic E-state index is 0.249. The van der Waals surface area contributed by atoms with Crippen LogP contribution < -0.4 is 5.32 Å². The van der Waals surface area contributed by atoms with Crippen LogP contribution in [0.1, 0.15) is 36.4 Å². The molecule has 21 heavy (non-hydrogen) atoms. The number of nitrogens with zero attached hydrogens (tertiary/aromatic N) is 1. The first-order valence-electron chi connectivity index (χ1n) is 7.56. The van der Waals surface area contributed by atoms with Crippen LogP contribution in [0.2, 0.25) is 0 Å². The molecule has 1 aliphatic rings. The second kappa shape index (κ2) is 6.63. The molecule has 0 bridgehead atoms. The van der Waals surface area contributed by atoms with Gasteiger partial charge >= 0.3 is 0 Å². The maximum absolute atomic E-state index is 4.14. The van der Waals surface area contributed by atoms with Gasteiger partial charge in [0.2, 0.25) is 0 Å². The number of aromatic nitrogens is 1. The number of thioether (sulfide) groups is 1. The number of hydrogen-bond acceptors (Lipinski definition) is 3. The van der Waals surface area contributed by atoms with Gasteiger partial charge in [0.05, 0.1) is 6.04 Å². The summed E-state index contributed by atoms with van der Waals surface area (Å²) in [6.07, 6.45) is 10.0. The number of nitrogens with one attached hydrogen (secondary N) is 1. The summed E-state index contributed by atoms with van der Waals surface area (Å²) in [4.78, 5) is 4.14. The highest BCUT2D eigenvalue weighted by atomic mass is 32.2. The van der Waals surface area contributed by atoms with E-state index in [1.54, 1.807) is 0 Å². The third-order valence-electron chi connectivity index (χ3n) is 4.50. The Morgan fingerprint density at radius 1 is 1.10 bits per heavy atom. The van der Waals surface area contributed by atoms with Crippen molar-refractivity contribution in [3.63, 3.8) is 0 Å². The van der Waals surface area contributed by atoms with Gasteiger partial charge in [-0.05, 0) is 42.4 Å². The van der Waals surface area contributed by atoms with Crippen LogP contribution in [0.25, 0.3) is 0 Å². The Labute approximate surface area is 131 Å². The molecule has 3 heteroatoms. The van der Waals surface area contributed by atoms with Crippen LogP contribution in [0.15, 0.2) is 54.9 Å². The van der Waals surface area contributed by atoms with E-state index < -0.39 is 0 Å². The normalized spacial score (nSPS) is 18.0.